The molecule has 13 heteroatoms. The Morgan fingerprint density at radius 1 is 1.27 bits per heavy atom. The fourth-order valence-corrected chi connectivity index (χ4v) is 5.58. The number of benzene rings is 1. The minimum atomic E-state index is -0.861. The molecular formula is C28H33ClN8O3S. The highest BCUT2D eigenvalue weighted by Gasteiger charge is 2.30. The second-order valence-electron chi connectivity index (χ2n) is 10.1. The Morgan fingerprint density at radius 2 is 2.02 bits per heavy atom. The third-order valence-corrected chi connectivity index (χ3v) is 8.51. The van der Waals surface area contributed by atoms with E-state index in [0.29, 0.717) is 15.4 Å². The van der Waals surface area contributed by atoms with E-state index in [1.54, 1.807) is 60.4 Å². The third-order valence-electron chi connectivity index (χ3n) is 6.92. The molecule has 1 fully saturated rings. The number of hydrogen-bond donors (Lipinski definition) is 4. The van der Waals surface area contributed by atoms with Gasteiger partial charge in [-0.2, -0.15) is 4.99 Å². The molecule has 0 unspecified atom stereocenters. The van der Waals surface area contributed by atoms with Crippen LogP contribution in [0.5, 0.6) is 0 Å². The molecule has 0 spiro atoms. The van der Waals surface area contributed by atoms with Gasteiger partial charge in [0, 0.05) is 37.8 Å². The van der Waals surface area contributed by atoms with Gasteiger partial charge in [0.05, 0.1) is 16.9 Å². The van der Waals surface area contributed by atoms with Crippen molar-refractivity contribution in [3.8, 4) is 0 Å². The molecule has 0 bridgehead atoms. The van der Waals surface area contributed by atoms with Crippen LogP contribution in [0.4, 0.5) is 17.3 Å². The molecule has 2 aromatic heterocycles. The average molecular weight is 597 g/mol. The van der Waals surface area contributed by atoms with Gasteiger partial charge in [-0.15, -0.1) is 0 Å². The second-order valence-corrected chi connectivity index (χ2v) is 11.5. The van der Waals surface area contributed by atoms with Crippen molar-refractivity contribution >= 4 is 52.9 Å². The van der Waals surface area contributed by atoms with E-state index in [9.17, 15) is 14.7 Å². The van der Waals surface area contributed by atoms with Crippen LogP contribution in [0.3, 0.4) is 0 Å². The van der Waals surface area contributed by atoms with Crippen LogP contribution in [0, 0.1) is 5.41 Å². The van der Waals surface area contributed by atoms with E-state index in [4.69, 9.17) is 17.3 Å². The van der Waals surface area contributed by atoms with Gasteiger partial charge in [0.25, 0.3) is 5.91 Å². The van der Waals surface area contributed by atoms with Gasteiger partial charge in [-0.3, -0.25) is 9.59 Å². The fraction of sp³-hybridized carbons (Fsp3) is 0.321. The van der Waals surface area contributed by atoms with Crippen LogP contribution in [0.2, 0.25) is 5.02 Å². The zero-order valence-corrected chi connectivity index (χ0v) is 24.7. The summed E-state index contributed by atoms with van der Waals surface area (Å²) in [7, 11) is 3.69. The van der Waals surface area contributed by atoms with Crippen molar-refractivity contribution in [1.29, 1.82) is 0 Å². The minimum absolute atomic E-state index is 0.215. The van der Waals surface area contributed by atoms with Crippen LogP contribution in [-0.2, 0) is 16.6 Å². The van der Waals surface area contributed by atoms with Crippen molar-refractivity contribution in [2.24, 2.45) is 17.5 Å². The number of amides is 1. The number of carbonyl (C=O) groups excluding carboxylic acids is 2. The highest BCUT2D eigenvalue weighted by atomic mass is 35.5. The van der Waals surface area contributed by atoms with Crippen LogP contribution in [-0.4, -0.2) is 58.5 Å². The summed E-state index contributed by atoms with van der Waals surface area (Å²) in [5, 5.41) is 16.9. The van der Waals surface area contributed by atoms with E-state index >= 15 is 0 Å². The molecule has 216 valence electrons. The number of aliphatic hydroxyl groups is 1. The molecule has 3 aromatic rings. The van der Waals surface area contributed by atoms with Gasteiger partial charge < -0.3 is 30.9 Å². The number of aryl methyl sites for hydroxylation is 1. The lowest BCUT2D eigenvalue weighted by Gasteiger charge is -2.39. The maximum absolute atomic E-state index is 12.9. The Bertz CT molecular complexity index is 1530. The van der Waals surface area contributed by atoms with Gasteiger partial charge in [-0.25, -0.2) is 9.97 Å². The van der Waals surface area contributed by atoms with E-state index in [1.165, 1.54) is 11.8 Å². The van der Waals surface area contributed by atoms with Crippen LogP contribution in [0.15, 0.2) is 75.2 Å². The van der Waals surface area contributed by atoms with E-state index in [2.05, 4.69) is 37.4 Å². The maximum Gasteiger partial charge on any atom is 0.264 e. The molecule has 0 aliphatic carbocycles. The number of nitrogens with one attached hydrogen (secondary N) is 2. The summed E-state index contributed by atoms with van der Waals surface area (Å²) in [5.41, 5.74) is 6.58. The van der Waals surface area contributed by atoms with E-state index < -0.39 is 17.4 Å². The van der Waals surface area contributed by atoms with Gasteiger partial charge >= 0.3 is 0 Å². The molecule has 5 N–H and O–H groups in total. The number of aliphatic hydroxyl groups excluding tert-OH is 1. The number of aldehydes is 1. The van der Waals surface area contributed by atoms with Crippen molar-refractivity contribution in [3.63, 3.8) is 0 Å². The predicted molar refractivity (Wildman–Crippen MR) is 161 cm³/mol. The van der Waals surface area contributed by atoms with E-state index in [0.717, 1.165) is 38.3 Å². The number of aromatic nitrogens is 3. The fourth-order valence-electron chi connectivity index (χ4n) is 4.48. The molecule has 1 aliphatic heterocycles. The molecule has 1 aromatic carbocycles. The number of carbonyl (C=O) groups is 2. The van der Waals surface area contributed by atoms with Crippen LogP contribution in [0.25, 0.3) is 0 Å². The quantitative estimate of drug-likeness (QED) is 0.0956. The number of nitrogen functional groups attached to an aromatic ring is 1. The maximum atomic E-state index is 12.9. The first-order chi connectivity index (χ1) is 19.6. The molecule has 3 heterocycles. The number of nitrogens with two attached hydrogens (primary N) is 1. The van der Waals surface area contributed by atoms with Crippen molar-refractivity contribution < 1.29 is 14.7 Å². The van der Waals surface area contributed by atoms with Crippen molar-refractivity contribution in [3.05, 3.63) is 70.8 Å². The van der Waals surface area contributed by atoms with Gasteiger partial charge in [-0.1, -0.05) is 42.4 Å². The van der Waals surface area contributed by atoms with Crippen molar-refractivity contribution in [2.45, 2.75) is 29.7 Å². The average Bonchev–Trinajstić information content (AvgIpc) is 2.94. The summed E-state index contributed by atoms with van der Waals surface area (Å²) in [6.07, 6.45) is 5.74. The summed E-state index contributed by atoms with van der Waals surface area (Å²) in [5.74, 6) is -0.578. The topological polar surface area (TPSA) is 151 Å². The summed E-state index contributed by atoms with van der Waals surface area (Å²) in [6, 6.07) is 10.1. The largest absolute Gasteiger partial charge is 0.493 e. The van der Waals surface area contributed by atoms with Gasteiger partial charge in [0.15, 0.2) is 12.1 Å². The van der Waals surface area contributed by atoms with Crippen LogP contribution < -0.4 is 26.8 Å². The Labute approximate surface area is 247 Å². The van der Waals surface area contributed by atoms with Gasteiger partial charge in [0.1, 0.15) is 21.9 Å². The number of halogens is 1. The smallest absolute Gasteiger partial charge is 0.264 e. The van der Waals surface area contributed by atoms with Crippen LogP contribution >= 0.6 is 23.4 Å². The second kappa shape index (κ2) is 13.2. The number of piperidine rings is 1. The molecule has 1 aliphatic rings. The third kappa shape index (κ3) is 7.26. The van der Waals surface area contributed by atoms with E-state index in [-0.39, 0.29) is 28.2 Å². The predicted octanol–water partition coefficient (Wildman–Crippen LogP) is 3.54. The van der Waals surface area contributed by atoms with Crippen molar-refractivity contribution in [2.75, 3.05) is 42.6 Å². The molecule has 0 atom stereocenters. The first-order valence-corrected chi connectivity index (χ1v) is 14.2. The summed E-state index contributed by atoms with van der Waals surface area (Å²) < 4.78 is 1.63. The molecule has 41 heavy (non-hydrogen) atoms. The molecule has 1 amide bonds. The molecule has 0 radical (unpaired) electrons. The van der Waals surface area contributed by atoms with Gasteiger partial charge in [0.2, 0.25) is 5.88 Å². The highest BCUT2D eigenvalue weighted by molar-refractivity contribution is 7.99. The normalized spacial score (nSPS) is 15.8. The van der Waals surface area contributed by atoms with E-state index in [1.807, 2.05) is 7.05 Å². The van der Waals surface area contributed by atoms with Crippen molar-refractivity contribution in [1.82, 2.24) is 19.9 Å². The lowest BCUT2D eigenvalue weighted by atomic mass is 9.80. The Hall–Kier alpha value is -3.87. The number of rotatable bonds is 9. The lowest BCUT2D eigenvalue weighted by Crippen LogP contribution is -2.43. The number of nitrogens with zero attached hydrogens (tertiary/aromatic N) is 5. The Morgan fingerprint density at radius 3 is 2.68 bits per heavy atom. The number of hydrogen-bond acceptors (Lipinski definition) is 10. The first kappa shape index (κ1) is 30.1. The number of pyridine rings is 1. The summed E-state index contributed by atoms with van der Waals surface area (Å²) in [4.78, 5) is 40.4. The first-order valence-electron chi connectivity index (χ1n) is 13.0. The Balaban J connectivity index is 1.49. The zero-order valence-electron chi connectivity index (χ0n) is 23.1. The molecule has 11 nitrogen and oxygen atoms in total. The van der Waals surface area contributed by atoms with Crippen LogP contribution in [0.1, 0.15) is 19.8 Å². The highest BCUT2D eigenvalue weighted by Crippen LogP contribution is 2.39. The minimum Gasteiger partial charge on any atom is -0.493 e. The molecular weight excluding hydrogens is 564 g/mol. The standard InChI is InChI=1S/C28H33ClN8O3S/c1-28(17-31-2)10-13-37(14-11-28)22-15-32-27(24(30)34-22)41-20-8-6-7-19(23(20)29)33-25(39)18(16-38)26(40)35-21-9-4-5-12-36(21)3/h4-9,12,15-16,31,40H,10-11,13-14,17H2,1-3H3,(H2,30,34)(H,33,39)/b26-18-,35-21-. The zero-order chi connectivity index (χ0) is 29.6. The SMILES string of the molecule is CNCC1(C)CCN(c2cnc(Sc3cccc(NC(=O)/C(C=O)=C(O)/N=c4/ccccn4C)c3Cl)c(N)n2)CC1. The molecule has 4 rings (SSSR count). The summed E-state index contributed by atoms with van der Waals surface area (Å²) in [6.45, 7) is 5.01. The summed E-state index contributed by atoms with van der Waals surface area (Å²) >= 11 is 7.81. The number of anilines is 3. The Kier molecular flexibility index (Phi) is 9.69. The lowest BCUT2D eigenvalue weighted by molar-refractivity contribution is -0.115. The molecule has 0 saturated carbocycles. The monoisotopic (exact) mass is 596 g/mol. The van der Waals surface area contributed by atoms with Gasteiger partial charge in [-0.05, 0) is 49.6 Å². The molecule has 1 saturated heterocycles.